The molecule has 24 heavy (non-hydrogen) atoms. The highest BCUT2D eigenvalue weighted by Gasteiger charge is 2.31. The van der Waals surface area contributed by atoms with E-state index in [1.807, 2.05) is 42.2 Å². The van der Waals surface area contributed by atoms with Crippen molar-refractivity contribution in [2.75, 3.05) is 4.90 Å². The molecule has 0 N–H and O–H groups in total. The zero-order chi connectivity index (χ0) is 17.2. The molecule has 0 saturated heterocycles. The highest BCUT2D eigenvalue weighted by molar-refractivity contribution is 5.98. The van der Waals surface area contributed by atoms with Gasteiger partial charge < -0.3 is 4.90 Å². The van der Waals surface area contributed by atoms with Crippen LogP contribution in [0.15, 0.2) is 59.6 Å². The lowest BCUT2D eigenvalue weighted by atomic mass is 10.1. The Labute approximate surface area is 139 Å². The van der Waals surface area contributed by atoms with Crippen LogP contribution in [0.25, 0.3) is 0 Å². The summed E-state index contributed by atoms with van der Waals surface area (Å²) in [5.41, 5.74) is 0.934. The lowest BCUT2D eigenvalue weighted by Crippen LogP contribution is -2.29. The molecule has 3 rings (SSSR count). The van der Waals surface area contributed by atoms with Crippen LogP contribution in [-0.2, 0) is 12.7 Å². The Morgan fingerprint density at radius 3 is 2.46 bits per heavy atom. The van der Waals surface area contributed by atoms with Crippen LogP contribution in [0.5, 0.6) is 0 Å². The van der Waals surface area contributed by atoms with Gasteiger partial charge in [-0.1, -0.05) is 36.4 Å². The van der Waals surface area contributed by atoms with E-state index >= 15 is 0 Å². The molecule has 0 aliphatic carbocycles. The van der Waals surface area contributed by atoms with Crippen LogP contribution in [-0.4, -0.2) is 11.9 Å². The smallest absolute Gasteiger partial charge is 0.326 e. The Morgan fingerprint density at radius 2 is 1.83 bits per heavy atom. The third-order valence-electron chi connectivity index (χ3n) is 4.14. The van der Waals surface area contributed by atoms with E-state index in [0.717, 1.165) is 30.3 Å². The number of halogens is 3. The van der Waals surface area contributed by atoms with Gasteiger partial charge in [0.2, 0.25) is 0 Å². The van der Waals surface area contributed by atoms with Gasteiger partial charge in [0.1, 0.15) is 5.84 Å². The Bertz CT molecular complexity index is 723. The predicted molar refractivity (Wildman–Crippen MR) is 90.2 cm³/mol. The van der Waals surface area contributed by atoms with Crippen molar-refractivity contribution in [3.05, 3.63) is 65.7 Å². The molecule has 126 valence electrons. The van der Waals surface area contributed by atoms with Crippen molar-refractivity contribution in [3.63, 3.8) is 0 Å². The molecule has 1 unspecified atom stereocenters. The second-order valence-electron chi connectivity index (χ2n) is 6.05. The van der Waals surface area contributed by atoms with E-state index in [1.54, 1.807) is 6.07 Å². The fourth-order valence-corrected chi connectivity index (χ4v) is 2.87. The van der Waals surface area contributed by atoms with E-state index in [1.165, 1.54) is 12.1 Å². The van der Waals surface area contributed by atoms with Gasteiger partial charge >= 0.3 is 6.18 Å². The third-order valence-corrected chi connectivity index (χ3v) is 4.14. The fraction of sp³-hybridized carbons (Fsp3) is 0.316. The number of rotatable bonds is 3. The maximum atomic E-state index is 13.0. The van der Waals surface area contributed by atoms with Crippen LogP contribution in [0, 0.1) is 0 Å². The van der Waals surface area contributed by atoms with Gasteiger partial charge in [-0.05, 0) is 37.1 Å². The summed E-state index contributed by atoms with van der Waals surface area (Å²) in [6, 6.07) is 15.4. The van der Waals surface area contributed by atoms with E-state index in [0.29, 0.717) is 12.2 Å². The van der Waals surface area contributed by atoms with Crippen molar-refractivity contribution in [1.82, 2.24) is 0 Å². The lowest BCUT2D eigenvalue weighted by molar-refractivity contribution is -0.137. The van der Waals surface area contributed by atoms with Gasteiger partial charge in [0.25, 0.3) is 0 Å². The van der Waals surface area contributed by atoms with Crippen molar-refractivity contribution in [2.45, 2.75) is 38.5 Å². The Balaban J connectivity index is 1.97. The van der Waals surface area contributed by atoms with Crippen LogP contribution < -0.4 is 4.90 Å². The quantitative estimate of drug-likeness (QED) is 0.745. The molecule has 0 spiro atoms. The second kappa shape index (κ2) is 6.67. The molecule has 2 aromatic carbocycles. The number of alkyl halides is 3. The number of amidine groups is 1. The van der Waals surface area contributed by atoms with Gasteiger partial charge in [0.05, 0.1) is 5.56 Å². The highest BCUT2D eigenvalue weighted by atomic mass is 19.4. The molecule has 0 saturated carbocycles. The lowest BCUT2D eigenvalue weighted by Gasteiger charge is -2.26. The Kier molecular flexibility index (Phi) is 4.60. The standard InChI is InChI=1S/C19H19F3N2/c1-14-10-11-18(23-14)24(13-15-6-3-2-4-7-15)17-9-5-8-16(12-17)19(20,21)22/h2-9,12,14H,10-11,13H2,1H3. The first-order chi connectivity index (χ1) is 11.4. The third kappa shape index (κ3) is 3.78. The number of aliphatic imine (C=N–C) groups is 1. The van der Waals surface area contributed by atoms with E-state index in [9.17, 15) is 13.2 Å². The average molecular weight is 332 g/mol. The number of benzene rings is 2. The average Bonchev–Trinajstić information content (AvgIpc) is 2.99. The van der Waals surface area contributed by atoms with Gasteiger partial charge in [0.15, 0.2) is 0 Å². The molecular formula is C19H19F3N2. The second-order valence-corrected chi connectivity index (χ2v) is 6.05. The molecule has 1 aliphatic rings. The Morgan fingerprint density at radius 1 is 1.08 bits per heavy atom. The van der Waals surface area contributed by atoms with Crippen LogP contribution in [0.1, 0.15) is 30.9 Å². The molecule has 1 aliphatic heterocycles. The summed E-state index contributed by atoms with van der Waals surface area (Å²) >= 11 is 0. The van der Waals surface area contributed by atoms with Gasteiger partial charge in [-0.25, -0.2) is 0 Å². The van der Waals surface area contributed by atoms with Crippen LogP contribution in [0.4, 0.5) is 18.9 Å². The molecule has 1 heterocycles. The zero-order valence-corrected chi connectivity index (χ0v) is 13.4. The summed E-state index contributed by atoms with van der Waals surface area (Å²) in [6.07, 6.45) is -2.64. The maximum absolute atomic E-state index is 13.0. The topological polar surface area (TPSA) is 15.6 Å². The first-order valence-corrected chi connectivity index (χ1v) is 7.99. The minimum absolute atomic E-state index is 0.212. The summed E-state index contributed by atoms with van der Waals surface area (Å²) in [5, 5.41) is 0. The summed E-state index contributed by atoms with van der Waals surface area (Å²) in [4.78, 5) is 6.51. The minimum Gasteiger partial charge on any atom is -0.326 e. The van der Waals surface area contributed by atoms with Crippen LogP contribution in [0.3, 0.4) is 0 Å². The summed E-state index contributed by atoms with van der Waals surface area (Å²) in [5.74, 6) is 0.852. The molecule has 0 radical (unpaired) electrons. The summed E-state index contributed by atoms with van der Waals surface area (Å²) in [7, 11) is 0. The maximum Gasteiger partial charge on any atom is 0.416 e. The van der Waals surface area contributed by atoms with Crippen molar-refractivity contribution in [2.24, 2.45) is 4.99 Å². The van der Waals surface area contributed by atoms with Gasteiger partial charge in [-0.3, -0.25) is 4.99 Å². The first-order valence-electron chi connectivity index (χ1n) is 7.99. The van der Waals surface area contributed by atoms with Crippen LogP contribution >= 0.6 is 0 Å². The monoisotopic (exact) mass is 332 g/mol. The van der Waals surface area contributed by atoms with Crippen molar-refractivity contribution in [1.29, 1.82) is 0 Å². The SMILES string of the molecule is CC1CCC(N(Cc2ccccc2)c2cccc(C(F)(F)F)c2)=N1. The van der Waals surface area contributed by atoms with E-state index in [-0.39, 0.29) is 6.04 Å². The summed E-state index contributed by atoms with van der Waals surface area (Å²) in [6.45, 7) is 2.54. The number of hydrogen-bond acceptors (Lipinski definition) is 2. The fourth-order valence-electron chi connectivity index (χ4n) is 2.87. The van der Waals surface area contributed by atoms with E-state index in [2.05, 4.69) is 4.99 Å². The molecule has 2 nitrogen and oxygen atoms in total. The highest BCUT2D eigenvalue weighted by Crippen LogP contribution is 2.33. The normalized spacial score (nSPS) is 17.7. The molecule has 0 aromatic heterocycles. The van der Waals surface area contributed by atoms with Gasteiger partial charge in [0, 0.05) is 24.7 Å². The molecule has 1 atom stereocenters. The minimum atomic E-state index is -4.35. The molecule has 0 bridgehead atoms. The number of nitrogens with zero attached hydrogens (tertiary/aromatic N) is 2. The largest absolute Gasteiger partial charge is 0.416 e. The van der Waals surface area contributed by atoms with Gasteiger partial charge in [-0.2, -0.15) is 13.2 Å². The molecule has 5 heteroatoms. The Hall–Kier alpha value is -2.30. The predicted octanol–water partition coefficient (Wildman–Crippen LogP) is 5.29. The molecule has 0 fully saturated rings. The zero-order valence-electron chi connectivity index (χ0n) is 13.4. The molecule has 0 amide bonds. The van der Waals surface area contributed by atoms with E-state index < -0.39 is 11.7 Å². The van der Waals surface area contributed by atoms with Crippen molar-refractivity contribution >= 4 is 11.5 Å². The first kappa shape index (κ1) is 16.6. The molecular weight excluding hydrogens is 313 g/mol. The van der Waals surface area contributed by atoms with E-state index in [4.69, 9.17) is 0 Å². The molecule has 2 aromatic rings. The number of anilines is 1. The van der Waals surface area contributed by atoms with Crippen molar-refractivity contribution < 1.29 is 13.2 Å². The summed E-state index contributed by atoms with van der Waals surface area (Å²) < 4.78 is 39.1. The van der Waals surface area contributed by atoms with Crippen LogP contribution in [0.2, 0.25) is 0 Å². The van der Waals surface area contributed by atoms with Crippen molar-refractivity contribution in [3.8, 4) is 0 Å². The van der Waals surface area contributed by atoms with Gasteiger partial charge in [-0.15, -0.1) is 0 Å². The number of hydrogen-bond donors (Lipinski definition) is 0.